The van der Waals surface area contributed by atoms with Crippen LogP contribution in [0.15, 0.2) is 40.8 Å². The maximum absolute atomic E-state index is 12.9. The molecule has 28 heavy (non-hydrogen) atoms. The van der Waals surface area contributed by atoms with E-state index >= 15 is 0 Å². The minimum absolute atomic E-state index is 0. The van der Waals surface area contributed by atoms with E-state index in [2.05, 4.69) is 28.8 Å². The van der Waals surface area contributed by atoms with Gasteiger partial charge in [-0.1, -0.05) is 36.7 Å². The number of aliphatic hydroxyl groups excluding tert-OH is 1. The number of para-hydroxylation sites is 1. The fourth-order valence-corrected chi connectivity index (χ4v) is 4.19. The number of aryl methyl sites for hydroxylation is 2. The molecule has 0 fully saturated rings. The molecule has 3 rings (SSSR count). The molecule has 146 valence electrons. The monoisotopic (exact) mass is 392 g/mol. The van der Waals surface area contributed by atoms with Gasteiger partial charge in [-0.05, 0) is 31.9 Å². The Morgan fingerprint density at radius 2 is 2.04 bits per heavy atom. The molecule has 0 saturated heterocycles. The number of benzene rings is 1. The number of Topliss-reactive ketones (excluding diaryl/α,β-unsaturated/α-hetero) is 1. The Labute approximate surface area is 190 Å². The number of hydrogen-bond donors (Lipinski definition) is 1. The van der Waals surface area contributed by atoms with Crippen LogP contribution in [-0.4, -0.2) is 27.8 Å². The number of nitrogens with zero attached hydrogens (tertiary/aromatic N) is 2. The Morgan fingerprint density at radius 1 is 1.32 bits per heavy atom. The Balaban J connectivity index is 0.00000210. The second-order valence-electron chi connectivity index (χ2n) is 7.14. The van der Waals surface area contributed by atoms with Crippen molar-refractivity contribution in [1.29, 1.82) is 0 Å². The Hall–Kier alpha value is -1.56. The van der Waals surface area contributed by atoms with Crippen LogP contribution in [-0.2, 0) is 16.7 Å². The number of fused-ring (bicyclic) bond motifs is 1. The van der Waals surface area contributed by atoms with Gasteiger partial charge in [-0.25, -0.2) is 0 Å². The zero-order chi connectivity index (χ0) is 19.6. The van der Waals surface area contributed by atoms with Gasteiger partial charge in [-0.15, -0.1) is 0 Å². The quantitative estimate of drug-likeness (QED) is 0.465. The predicted molar refractivity (Wildman–Crippen MR) is 109 cm³/mol. The fourth-order valence-electron chi connectivity index (χ4n) is 4.19. The van der Waals surface area contributed by atoms with Gasteiger partial charge >= 0.3 is 29.6 Å². The number of aliphatic hydroxyl groups is 1. The minimum Gasteiger partial charge on any atom is -1.00 e. The Morgan fingerprint density at radius 3 is 2.64 bits per heavy atom. The molecule has 5 nitrogen and oxygen atoms in total. The third-order valence-electron chi connectivity index (χ3n) is 5.32. The summed E-state index contributed by atoms with van der Waals surface area (Å²) in [5.41, 5.74) is 4.37. The first-order valence-corrected chi connectivity index (χ1v) is 9.67. The standard InChI is InChI=1S/C22H28N2O3.Na.H/c1-5-9-17(23-27-6-2)21-19(25)12-15(13-20(21)26)22-14(3)16-10-7-8-11-18(16)24(22)4;;/h7-8,10-11,15,25H,5-6,9,12-13H2,1-4H3;;/q;+1;-1. The average molecular weight is 392 g/mol. The van der Waals surface area contributed by atoms with E-state index in [1.54, 1.807) is 0 Å². The van der Waals surface area contributed by atoms with Crippen molar-refractivity contribution in [3.05, 3.63) is 46.9 Å². The van der Waals surface area contributed by atoms with E-state index in [0.29, 0.717) is 37.2 Å². The van der Waals surface area contributed by atoms with E-state index in [4.69, 9.17) is 4.84 Å². The molecule has 0 bridgehead atoms. The third kappa shape index (κ3) is 4.22. The summed E-state index contributed by atoms with van der Waals surface area (Å²) >= 11 is 0. The Bertz CT molecular complexity index is 895. The normalized spacial score (nSPS) is 17.8. The number of ketones is 1. The first kappa shape index (κ1) is 22.7. The number of aromatic nitrogens is 1. The zero-order valence-corrected chi connectivity index (χ0v) is 19.6. The molecule has 6 heteroatoms. The molecular formula is C22H29N2NaO3. The molecule has 1 N–H and O–H groups in total. The van der Waals surface area contributed by atoms with Crippen molar-refractivity contribution in [2.45, 2.75) is 52.4 Å². The molecule has 1 aliphatic rings. The fraction of sp³-hybridized carbons (Fsp3) is 0.455. The van der Waals surface area contributed by atoms with Crippen molar-refractivity contribution in [3.63, 3.8) is 0 Å². The van der Waals surface area contributed by atoms with Crippen LogP contribution >= 0.6 is 0 Å². The van der Waals surface area contributed by atoms with Gasteiger partial charge in [0.2, 0.25) is 0 Å². The minimum atomic E-state index is -0.0553. The van der Waals surface area contributed by atoms with Crippen molar-refractivity contribution in [2.24, 2.45) is 12.2 Å². The maximum Gasteiger partial charge on any atom is 1.00 e. The van der Waals surface area contributed by atoms with Crippen molar-refractivity contribution < 1.29 is 45.7 Å². The van der Waals surface area contributed by atoms with Crippen molar-refractivity contribution in [3.8, 4) is 0 Å². The smallest absolute Gasteiger partial charge is 1.00 e. The summed E-state index contributed by atoms with van der Waals surface area (Å²) in [5, 5.41) is 16.0. The molecule has 1 heterocycles. The summed E-state index contributed by atoms with van der Waals surface area (Å²) in [6.07, 6.45) is 2.27. The topological polar surface area (TPSA) is 63.8 Å². The van der Waals surface area contributed by atoms with Gasteiger partial charge in [0.1, 0.15) is 12.4 Å². The summed E-state index contributed by atoms with van der Waals surface area (Å²) < 4.78 is 2.15. The molecule has 0 saturated carbocycles. The van der Waals surface area contributed by atoms with Crippen LogP contribution in [0.3, 0.4) is 0 Å². The molecule has 1 unspecified atom stereocenters. The van der Waals surface area contributed by atoms with E-state index in [0.717, 1.165) is 17.6 Å². The second kappa shape index (κ2) is 9.77. The average Bonchev–Trinajstić information content (AvgIpc) is 2.90. The van der Waals surface area contributed by atoms with Crippen molar-refractivity contribution in [2.75, 3.05) is 6.61 Å². The molecule has 0 radical (unpaired) electrons. The summed E-state index contributed by atoms with van der Waals surface area (Å²) in [6.45, 7) is 6.40. The summed E-state index contributed by atoms with van der Waals surface area (Å²) in [4.78, 5) is 18.1. The largest absolute Gasteiger partial charge is 1.00 e. The number of allylic oxidation sites excluding steroid dienone is 2. The molecule has 1 atom stereocenters. The van der Waals surface area contributed by atoms with Gasteiger partial charge < -0.3 is 15.9 Å². The SMILES string of the molecule is CCCC(=NOCC)C1=C(O)CC(c2c(C)c3ccccc3n2C)CC1=O.[H-].[Na+]. The van der Waals surface area contributed by atoms with E-state index in [9.17, 15) is 9.90 Å². The summed E-state index contributed by atoms with van der Waals surface area (Å²) in [5.74, 6) is 0.0433. The van der Waals surface area contributed by atoms with Gasteiger partial charge in [0.25, 0.3) is 0 Å². The molecule has 1 aliphatic carbocycles. The van der Waals surface area contributed by atoms with Crippen LogP contribution < -0.4 is 29.6 Å². The van der Waals surface area contributed by atoms with Crippen LogP contribution in [0, 0.1) is 6.92 Å². The van der Waals surface area contributed by atoms with Gasteiger partial charge in [0, 0.05) is 42.4 Å². The van der Waals surface area contributed by atoms with Crippen LogP contribution in [0.2, 0.25) is 0 Å². The molecule has 0 aliphatic heterocycles. The number of rotatable bonds is 6. The first-order chi connectivity index (χ1) is 13.0. The number of carbonyl (C=O) groups is 1. The number of oxime groups is 1. The van der Waals surface area contributed by atoms with Crippen molar-refractivity contribution >= 4 is 22.4 Å². The number of hydrogen-bond acceptors (Lipinski definition) is 4. The van der Waals surface area contributed by atoms with E-state index in [1.807, 2.05) is 33.0 Å². The maximum atomic E-state index is 12.9. The van der Waals surface area contributed by atoms with E-state index in [-0.39, 0.29) is 48.4 Å². The van der Waals surface area contributed by atoms with Gasteiger partial charge in [-0.2, -0.15) is 0 Å². The van der Waals surface area contributed by atoms with E-state index < -0.39 is 0 Å². The molecule has 2 aromatic rings. The van der Waals surface area contributed by atoms with Crippen molar-refractivity contribution in [1.82, 2.24) is 4.57 Å². The summed E-state index contributed by atoms with van der Waals surface area (Å²) in [6, 6.07) is 8.25. The van der Waals surface area contributed by atoms with Crippen LogP contribution in [0.5, 0.6) is 0 Å². The van der Waals surface area contributed by atoms with Gasteiger partial charge in [0.05, 0.1) is 11.3 Å². The van der Waals surface area contributed by atoms with Crippen LogP contribution in [0.4, 0.5) is 0 Å². The third-order valence-corrected chi connectivity index (χ3v) is 5.32. The molecule has 1 aromatic heterocycles. The molecule has 0 amide bonds. The van der Waals surface area contributed by atoms with E-state index in [1.165, 1.54) is 10.9 Å². The van der Waals surface area contributed by atoms with Gasteiger partial charge in [-0.3, -0.25) is 4.79 Å². The predicted octanol–water partition coefficient (Wildman–Crippen LogP) is 2.05. The van der Waals surface area contributed by atoms with Crippen LogP contribution in [0.1, 0.15) is 58.1 Å². The van der Waals surface area contributed by atoms with Gasteiger partial charge in [0.15, 0.2) is 5.78 Å². The first-order valence-electron chi connectivity index (χ1n) is 9.67. The molecule has 1 aromatic carbocycles. The molecule has 0 spiro atoms. The zero-order valence-electron chi connectivity index (χ0n) is 18.6. The summed E-state index contributed by atoms with van der Waals surface area (Å²) in [7, 11) is 2.03. The second-order valence-corrected chi connectivity index (χ2v) is 7.14. The Kier molecular flexibility index (Phi) is 7.93. The number of carbonyl (C=O) groups excluding carboxylic acids is 1. The molecular weight excluding hydrogens is 363 g/mol. The van der Waals surface area contributed by atoms with Crippen LogP contribution in [0.25, 0.3) is 10.9 Å².